The highest BCUT2D eigenvalue weighted by atomic mass is 19.1. The zero-order valence-corrected chi connectivity index (χ0v) is 18.4. The first-order valence-corrected chi connectivity index (χ1v) is 11.3. The number of benzene rings is 3. The van der Waals surface area contributed by atoms with Crippen molar-refractivity contribution in [2.45, 2.75) is 38.3 Å². The highest BCUT2D eigenvalue weighted by Crippen LogP contribution is 2.41. The van der Waals surface area contributed by atoms with Gasteiger partial charge in [-0.3, -0.25) is 9.59 Å². The van der Waals surface area contributed by atoms with E-state index in [-0.39, 0.29) is 23.4 Å². The molecule has 5 rings (SSSR count). The number of nitrogens with zero attached hydrogens (tertiary/aromatic N) is 1. The van der Waals surface area contributed by atoms with Gasteiger partial charge in [0.05, 0.1) is 11.6 Å². The van der Waals surface area contributed by atoms with Crippen molar-refractivity contribution in [1.29, 1.82) is 0 Å². The van der Waals surface area contributed by atoms with Crippen LogP contribution in [0.2, 0.25) is 0 Å². The maximum absolute atomic E-state index is 14.9. The third kappa shape index (κ3) is 3.89. The molecule has 0 bridgehead atoms. The van der Waals surface area contributed by atoms with E-state index in [4.69, 9.17) is 0 Å². The molecule has 4 nitrogen and oxygen atoms in total. The summed E-state index contributed by atoms with van der Waals surface area (Å²) in [5.41, 5.74) is 3.31. The number of carbonyl (C=O) groups excluding carboxylic acids is 2. The van der Waals surface area contributed by atoms with Crippen LogP contribution >= 0.6 is 0 Å². The van der Waals surface area contributed by atoms with E-state index in [2.05, 4.69) is 0 Å². The van der Waals surface area contributed by atoms with Crippen LogP contribution in [-0.2, 0) is 29.0 Å². The topological polar surface area (TPSA) is 57.6 Å². The van der Waals surface area contributed by atoms with Gasteiger partial charge in [-0.05, 0) is 66.6 Å². The molecular weight excluding hydrogens is 436 g/mol. The second kappa shape index (κ2) is 8.86. The summed E-state index contributed by atoms with van der Waals surface area (Å²) in [6, 6.07) is 15.9. The average Bonchev–Trinajstić information content (AvgIpc) is 3.09. The van der Waals surface area contributed by atoms with Gasteiger partial charge in [0, 0.05) is 17.7 Å². The van der Waals surface area contributed by atoms with Crippen molar-refractivity contribution in [1.82, 2.24) is 4.90 Å². The Balaban J connectivity index is 1.64. The van der Waals surface area contributed by atoms with Crippen molar-refractivity contribution in [3.8, 4) is 0 Å². The number of aryl methyl sites for hydroxylation is 2. The van der Waals surface area contributed by atoms with E-state index in [1.165, 1.54) is 52.9 Å². The summed E-state index contributed by atoms with van der Waals surface area (Å²) in [5, 5.41) is 11.3. The number of hydrogen-bond donors (Lipinski definition) is 1. The van der Waals surface area contributed by atoms with Gasteiger partial charge in [0.1, 0.15) is 17.4 Å². The lowest BCUT2D eigenvalue weighted by atomic mass is 9.88. The second-order valence-corrected chi connectivity index (χ2v) is 8.77. The van der Waals surface area contributed by atoms with E-state index in [0.717, 1.165) is 31.2 Å². The van der Waals surface area contributed by atoms with Crippen LogP contribution in [0.4, 0.5) is 8.78 Å². The van der Waals surface area contributed by atoms with Gasteiger partial charge in [-0.2, -0.15) is 0 Å². The Hall–Kier alpha value is -3.80. The van der Waals surface area contributed by atoms with E-state index in [9.17, 15) is 23.5 Å². The molecule has 1 aliphatic heterocycles. The van der Waals surface area contributed by atoms with Crippen LogP contribution in [0.5, 0.6) is 0 Å². The first-order valence-electron chi connectivity index (χ1n) is 11.3. The number of hydrogen-bond acceptors (Lipinski definition) is 3. The smallest absolute Gasteiger partial charge is 0.295 e. The molecule has 1 saturated heterocycles. The van der Waals surface area contributed by atoms with Gasteiger partial charge in [0.25, 0.3) is 11.7 Å². The van der Waals surface area contributed by atoms with Crippen molar-refractivity contribution >= 4 is 17.4 Å². The van der Waals surface area contributed by atoms with Crippen molar-refractivity contribution in [3.63, 3.8) is 0 Å². The summed E-state index contributed by atoms with van der Waals surface area (Å²) in [6.07, 6.45) is 4.01. The predicted octanol–water partition coefficient (Wildman–Crippen LogP) is 5.47. The Kier molecular flexibility index (Phi) is 5.74. The molecule has 1 fully saturated rings. The minimum Gasteiger partial charge on any atom is -0.507 e. The number of rotatable bonds is 4. The van der Waals surface area contributed by atoms with Gasteiger partial charge in [0.2, 0.25) is 0 Å². The molecule has 3 aromatic carbocycles. The van der Waals surface area contributed by atoms with Gasteiger partial charge in [-0.25, -0.2) is 8.78 Å². The van der Waals surface area contributed by atoms with Crippen LogP contribution < -0.4 is 0 Å². The molecule has 1 heterocycles. The summed E-state index contributed by atoms with van der Waals surface area (Å²) in [4.78, 5) is 27.5. The summed E-state index contributed by atoms with van der Waals surface area (Å²) >= 11 is 0. The molecule has 34 heavy (non-hydrogen) atoms. The third-order valence-corrected chi connectivity index (χ3v) is 6.63. The molecule has 0 saturated carbocycles. The molecule has 6 heteroatoms. The zero-order chi connectivity index (χ0) is 23.8. The first-order chi connectivity index (χ1) is 16.4. The molecule has 1 amide bonds. The number of ketones is 1. The maximum Gasteiger partial charge on any atom is 0.295 e. The highest BCUT2D eigenvalue weighted by molar-refractivity contribution is 6.46. The van der Waals surface area contributed by atoms with E-state index in [1.807, 2.05) is 12.1 Å². The number of aliphatic hydroxyl groups excluding tert-OH is 1. The van der Waals surface area contributed by atoms with Crippen LogP contribution in [0, 0.1) is 11.6 Å². The number of carbonyl (C=O) groups is 2. The average molecular weight is 459 g/mol. The summed E-state index contributed by atoms with van der Waals surface area (Å²) in [7, 11) is 0. The summed E-state index contributed by atoms with van der Waals surface area (Å²) < 4.78 is 28.3. The quantitative estimate of drug-likeness (QED) is 0.320. The zero-order valence-electron chi connectivity index (χ0n) is 18.4. The van der Waals surface area contributed by atoms with Crippen LogP contribution in [0.3, 0.4) is 0 Å². The Morgan fingerprint density at radius 3 is 2.35 bits per heavy atom. The van der Waals surface area contributed by atoms with E-state index < -0.39 is 29.4 Å². The molecule has 1 N–H and O–H groups in total. The molecule has 2 aliphatic rings. The molecule has 1 unspecified atom stereocenters. The third-order valence-electron chi connectivity index (χ3n) is 6.63. The lowest BCUT2D eigenvalue weighted by Gasteiger charge is -2.26. The molecule has 0 aromatic heterocycles. The van der Waals surface area contributed by atoms with Gasteiger partial charge < -0.3 is 10.0 Å². The Morgan fingerprint density at radius 2 is 1.62 bits per heavy atom. The number of halogens is 2. The van der Waals surface area contributed by atoms with E-state index in [1.54, 1.807) is 12.1 Å². The standard InChI is InChI=1S/C28H23F2NO3/c29-21-13-9-17(10-14-21)16-31-25(22-7-3-4-8-23(22)30)24(27(33)28(31)34)26(32)20-12-11-18-5-1-2-6-19(18)15-20/h3-4,7-15,25,32H,1-2,5-6,16H2/b26-24+. The molecule has 0 spiro atoms. The minimum absolute atomic E-state index is 0.0369. The fourth-order valence-electron chi connectivity index (χ4n) is 4.89. The van der Waals surface area contributed by atoms with E-state index in [0.29, 0.717) is 11.1 Å². The van der Waals surface area contributed by atoms with Gasteiger partial charge in [0.15, 0.2) is 0 Å². The lowest BCUT2D eigenvalue weighted by Crippen LogP contribution is -2.29. The summed E-state index contributed by atoms with van der Waals surface area (Å²) in [6.45, 7) is -0.0369. The molecule has 0 radical (unpaired) electrons. The largest absolute Gasteiger partial charge is 0.507 e. The number of aliphatic hydroxyl groups is 1. The Labute approximate surface area is 196 Å². The van der Waals surface area contributed by atoms with Crippen molar-refractivity contribution in [2.75, 3.05) is 0 Å². The predicted molar refractivity (Wildman–Crippen MR) is 124 cm³/mol. The first kappa shape index (κ1) is 22.0. The normalized spacial score (nSPS) is 19.4. The van der Waals surface area contributed by atoms with Crippen LogP contribution in [-0.4, -0.2) is 21.7 Å². The van der Waals surface area contributed by atoms with Gasteiger partial charge in [-0.15, -0.1) is 0 Å². The SMILES string of the molecule is O=C1C(=O)N(Cc2ccc(F)cc2)C(c2ccccc2F)/C1=C(\O)c1ccc2c(c1)CCCC2. The van der Waals surface area contributed by atoms with Gasteiger partial charge in [-0.1, -0.05) is 42.5 Å². The molecule has 1 aliphatic carbocycles. The number of likely N-dealkylation sites (tertiary alicyclic amines) is 1. The second-order valence-electron chi connectivity index (χ2n) is 8.77. The Bertz CT molecular complexity index is 1310. The van der Waals surface area contributed by atoms with Crippen LogP contribution in [0.25, 0.3) is 5.76 Å². The fourth-order valence-corrected chi connectivity index (χ4v) is 4.89. The number of Topliss-reactive ketones (excluding diaryl/α,β-unsaturated/α-hetero) is 1. The van der Waals surface area contributed by atoms with Crippen LogP contribution in [0.1, 0.15) is 46.7 Å². The molecule has 3 aromatic rings. The maximum atomic E-state index is 14.9. The van der Waals surface area contributed by atoms with Crippen LogP contribution in [0.15, 0.2) is 72.3 Å². The monoisotopic (exact) mass is 459 g/mol. The minimum atomic E-state index is -1.11. The fraction of sp³-hybridized carbons (Fsp3) is 0.214. The molecule has 172 valence electrons. The van der Waals surface area contributed by atoms with E-state index >= 15 is 0 Å². The lowest BCUT2D eigenvalue weighted by molar-refractivity contribution is -0.140. The summed E-state index contributed by atoms with van der Waals surface area (Å²) in [5.74, 6) is -3.04. The number of amides is 1. The van der Waals surface area contributed by atoms with Gasteiger partial charge >= 0.3 is 0 Å². The number of fused-ring (bicyclic) bond motifs is 1. The van der Waals surface area contributed by atoms with Crippen molar-refractivity contribution < 1.29 is 23.5 Å². The molecular formula is C28H23F2NO3. The highest BCUT2D eigenvalue weighted by Gasteiger charge is 2.47. The van der Waals surface area contributed by atoms with Crippen molar-refractivity contribution in [3.05, 3.63) is 112 Å². The van der Waals surface area contributed by atoms with Crippen molar-refractivity contribution in [2.24, 2.45) is 0 Å². The molecule has 1 atom stereocenters. The Morgan fingerprint density at radius 1 is 0.912 bits per heavy atom.